The third-order valence-corrected chi connectivity index (χ3v) is 4.30. The molecule has 1 aromatic carbocycles. The number of aryl methyl sites for hydroxylation is 1. The summed E-state index contributed by atoms with van der Waals surface area (Å²) in [5, 5.41) is 15.5. The van der Waals surface area contributed by atoms with Crippen molar-refractivity contribution in [2.75, 3.05) is 26.8 Å². The van der Waals surface area contributed by atoms with E-state index in [4.69, 9.17) is 9.47 Å². The summed E-state index contributed by atoms with van der Waals surface area (Å²) in [5.74, 6) is -0.0525. The van der Waals surface area contributed by atoms with E-state index >= 15 is 0 Å². The van der Waals surface area contributed by atoms with Crippen molar-refractivity contribution in [1.29, 1.82) is 0 Å². The number of methoxy groups -OCH3 is 3. The van der Waals surface area contributed by atoms with Crippen LogP contribution in [0.1, 0.15) is 20.9 Å². The fourth-order valence-corrected chi connectivity index (χ4v) is 2.87. The minimum atomic E-state index is -0.560. The zero-order valence-corrected chi connectivity index (χ0v) is 15.2. The van der Waals surface area contributed by atoms with Crippen LogP contribution in [0.3, 0.4) is 0 Å². The van der Waals surface area contributed by atoms with Crippen molar-refractivity contribution < 1.29 is 23.9 Å². The van der Waals surface area contributed by atoms with Crippen molar-refractivity contribution in [2.24, 2.45) is 5.10 Å². The predicted octanol–water partition coefficient (Wildman–Crippen LogP) is 2.61. The van der Waals surface area contributed by atoms with Crippen molar-refractivity contribution in [3.8, 4) is 11.5 Å². The van der Waals surface area contributed by atoms with Crippen LogP contribution in [0.2, 0.25) is 0 Å². The van der Waals surface area contributed by atoms with Gasteiger partial charge in [-0.15, -0.1) is 0 Å². The summed E-state index contributed by atoms with van der Waals surface area (Å²) >= 11 is 1.08. The van der Waals surface area contributed by atoms with Crippen molar-refractivity contribution in [2.45, 2.75) is 6.92 Å². The number of nitrogens with one attached hydrogen (secondary N) is 1. The van der Waals surface area contributed by atoms with E-state index in [-0.39, 0.29) is 11.4 Å². The second-order valence-corrected chi connectivity index (χ2v) is 5.82. The van der Waals surface area contributed by atoms with E-state index in [0.29, 0.717) is 27.0 Å². The summed E-state index contributed by atoms with van der Waals surface area (Å²) in [6.45, 7) is 1.67. The molecule has 26 heavy (non-hydrogen) atoms. The number of benzene rings is 1. The molecule has 0 atom stereocenters. The van der Waals surface area contributed by atoms with Gasteiger partial charge in [-0.2, -0.15) is 5.10 Å². The first-order chi connectivity index (χ1) is 12.4. The zero-order chi connectivity index (χ0) is 19.3. The van der Waals surface area contributed by atoms with Crippen LogP contribution in [0.25, 0.3) is 0 Å². The van der Waals surface area contributed by atoms with Gasteiger partial charge in [0, 0.05) is 17.7 Å². The van der Waals surface area contributed by atoms with Gasteiger partial charge < -0.3 is 14.2 Å². The Morgan fingerprint density at radius 2 is 2.00 bits per heavy atom. The molecule has 11 heteroatoms. The molecule has 2 aromatic rings. The van der Waals surface area contributed by atoms with E-state index < -0.39 is 10.9 Å². The molecular formula is C15H16N4O6S. The second-order valence-electron chi connectivity index (χ2n) is 4.82. The maximum absolute atomic E-state index is 11.6. The second kappa shape index (κ2) is 8.25. The van der Waals surface area contributed by atoms with Gasteiger partial charge in [-0.25, -0.2) is 9.78 Å². The summed E-state index contributed by atoms with van der Waals surface area (Å²) < 4.78 is 14.9. The first-order valence-corrected chi connectivity index (χ1v) is 7.98. The molecule has 0 amide bonds. The minimum absolute atomic E-state index is 0.0789. The number of thiazole rings is 1. The lowest BCUT2D eigenvalue weighted by Gasteiger charge is -2.08. The van der Waals surface area contributed by atoms with Gasteiger partial charge in [0.1, 0.15) is 10.6 Å². The van der Waals surface area contributed by atoms with Gasteiger partial charge in [-0.05, 0) is 6.92 Å². The topological polar surface area (TPSA) is 125 Å². The summed E-state index contributed by atoms with van der Waals surface area (Å²) in [6, 6.07) is 2.69. The van der Waals surface area contributed by atoms with Crippen LogP contribution in [0.5, 0.6) is 11.5 Å². The minimum Gasteiger partial charge on any atom is -0.496 e. The number of carbonyl (C=O) groups is 1. The Balaban J connectivity index is 2.26. The highest BCUT2D eigenvalue weighted by Crippen LogP contribution is 2.33. The molecule has 2 rings (SSSR count). The van der Waals surface area contributed by atoms with Gasteiger partial charge in [-0.1, -0.05) is 11.3 Å². The molecule has 1 aromatic heterocycles. The predicted molar refractivity (Wildman–Crippen MR) is 95.6 cm³/mol. The Hall–Kier alpha value is -3.21. The van der Waals surface area contributed by atoms with Gasteiger partial charge in [0.05, 0.1) is 38.2 Å². The number of ether oxygens (including phenoxy) is 3. The van der Waals surface area contributed by atoms with E-state index in [0.717, 1.165) is 11.3 Å². The number of rotatable bonds is 7. The molecule has 0 spiro atoms. The number of anilines is 1. The molecule has 0 radical (unpaired) electrons. The van der Waals surface area contributed by atoms with Gasteiger partial charge in [0.2, 0.25) is 10.9 Å². The van der Waals surface area contributed by atoms with E-state index in [1.54, 1.807) is 6.92 Å². The third kappa shape index (κ3) is 4.06. The SMILES string of the molecule is COC(=O)c1sc(N/N=C\c2cc([N+](=O)[O-])c(OC)cc2OC)nc1C. The molecule has 0 saturated heterocycles. The number of nitro benzene ring substituents is 1. The van der Waals surface area contributed by atoms with Crippen LogP contribution < -0.4 is 14.9 Å². The lowest BCUT2D eigenvalue weighted by Crippen LogP contribution is -1.99. The van der Waals surface area contributed by atoms with Crippen LogP contribution in [-0.4, -0.2) is 43.4 Å². The van der Waals surface area contributed by atoms with E-state index in [2.05, 4.69) is 20.2 Å². The van der Waals surface area contributed by atoms with Crippen LogP contribution in [0, 0.1) is 17.0 Å². The molecule has 0 unspecified atom stereocenters. The molecule has 10 nitrogen and oxygen atoms in total. The van der Waals surface area contributed by atoms with Crippen molar-refractivity contribution in [1.82, 2.24) is 4.98 Å². The number of esters is 1. The smallest absolute Gasteiger partial charge is 0.350 e. The highest BCUT2D eigenvalue weighted by molar-refractivity contribution is 7.17. The molecule has 0 aliphatic heterocycles. The van der Waals surface area contributed by atoms with Gasteiger partial charge in [0.25, 0.3) is 0 Å². The van der Waals surface area contributed by atoms with Gasteiger partial charge in [0.15, 0.2) is 0 Å². The summed E-state index contributed by atoms with van der Waals surface area (Å²) in [6.07, 6.45) is 1.35. The normalized spacial score (nSPS) is 10.6. The van der Waals surface area contributed by atoms with Gasteiger partial charge in [-0.3, -0.25) is 15.5 Å². The molecule has 1 N–H and O–H groups in total. The van der Waals surface area contributed by atoms with Crippen molar-refractivity contribution in [3.05, 3.63) is 38.4 Å². The number of nitrogens with zero attached hydrogens (tertiary/aromatic N) is 3. The van der Waals surface area contributed by atoms with Crippen molar-refractivity contribution in [3.63, 3.8) is 0 Å². The summed E-state index contributed by atoms with van der Waals surface area (Å²) in [4.78, 5) is 26.7. The molecule has 0 saturated carbocycles. The number of hydrogen-bond donors (Lipinski definition) is 1. The highest BCUT2D eigenvalue weighted by atomic mass is 32.1. The molecule has 0 bridgehead atoms. The van der Waals surface area contributed by atoms with Crippen LogP contribution in [-0.2, 0) is 4.74 Å². The monoisotopic (exact) mass is 380 g/mol. The Morgan fingerprint density at radius 3 is 2.58 bits per heavy atom. The standard InChI is InChI=1S/C15H16N4O6S/c1-8-13(14(20)25-4)26-15(17-8)18-16-7-9-5-10(19(21)22)12(24-3)6-11(9)23-2/h5-7H,1-4H3,(H,17,18)/b16-7-. The maximum Gasteiger partial charge on any atom is 0.350 e. The summed E-state index contributed by atoms with van der Waals surface area (Å²) in [7, 11) is 4.05. The number of aromatic nitrogens is 1. The number of hydrazone groups is 1. The highest BCUT2D eigenvalue weighted by Gasteiger charge is 2.19. The Morgan fingerprint density at radius 1 is 1.31 bits per heavy atom. The lowest BCUT2D eigenvalue weighted by molar-refractivity contribution is -0.385. The maximum atomic E-state index is 11.6. The average molecular weight is 380 g/mol. The molecule has 0 fully saturated rings. The van der Waals surface area contributed by atoms with E-state index in [1.165, 1.54) is 39.7 Å². The Bertz CT molecular complexity index is 864. The summed E-state index contributed by atoms with van der Waals surface area (Å²) in [5.41, 5.74) is 3.34. The quantitative estimate of drug-likeness (QED) is 0.336. The fraction of sp³-hybridized carbons (Fsp3) is 0.267. The first-order valence-electron chi connectivity index (χ1n) is 7.16. The zero-order valence-electron chi connectivity index (χ0n) is 14.4. The average Bonchev–Trinajstić information content (AvgIpc) is 3.00. The lowest BCUT2D eigenvalue weighted by atomic mass is 10.1. The molecule has 1 heterocycles. The van der Waals surface area contributed by atoms with Crippen molar-refractivity contribution >= 4 is 34.3 Å². The van der Waals surface area contributed by atoms with E-state index in [1.807, 2.05) is 0 Å². The number of hydrogen-bond acceptors (Lipinski definition) is 10. The molecule has 138 valence electrons. The van der Waals surface area contributed by atoms with Crippen LogP contribution in [0.15, 0.2) is 17.2 Å². The molecular weight excluding hydrogens is 364 g/mol. The fourth-order valence-electron chi connectivity index (χ4n) is 2.03. The first kappa shape index (κ1) is 19.1. The van der Waals surface area contributed by atoms with Gasteiger partial charge >= 0.3 is 11.7 Å². The van der Waals surface area contributed by atoms with Crippen LogP contribution in [0.4, 0.5) is 10.8 Å². The van der Waals surface area contributed by atoms with Crippen LogP contribution >= 0.6 is 11.3 Å². The number of nitro groups is 1. The third-order valence-electron chi connectivity index (χ3n) is 3.26. The van der Waals surface area contributed by atoms with E-state index in [9.17, 15) is 14.9 Å². The Labute approximate surface area is 152 Å². The Kier molecular flexibility index (Phi) is 6.07. The largest absolute Gasteiger partial charge is 0.496 e. The molecule has 0 aliphatic rings. The number of carbonyl (C=O) groups excluding carboxylic acids is 1. The molecule has 0 aliphatic carbocycles.